The first-order valence-corrected chi connectivity index (χ1v) is 8.52. The first-order chi connectivity index (χ1) is 10.7. The van der Waals surface area contributed by atoms with Crippen LogP contribution in [0.15, 0.2) is 36.4 Å². The van der Waals surface area contributed by atoms with Crippen LogP contribution in [-0.4, -0.2) is 35.9 Å². The minimum Gasteiger partial charge on any atom is -0.374 e. The molecule has 0 amide bonds. The number of para-hydroxylation sites is 1. The maximum atomic E-state index is 13.0. The molecule has 1 aliphatic carbocycles. The zero-order valence-electron chi connectivity index (χ0n) is 13.0. The summed E-state index contributed by atoms with van der Waals surface area (Å²) >= 11 is 0. The summed E-state index contributed by atoms with van der Waals surface area (Å²) in [6.45, 7) is 4.40. The summed E-state index contributed by atoms with van der Waals surface area (Å²) in [6.07, 6.45) is 7.50. The number of ketones is 1. The normalized spacial score (nSPS) is 41.8. The van der Waals surface area contributed by atoms with Gasteiger partial charge in [-0.3, -0.25) is 9.69 Å². The smallest absolute Gasteiger partial charge is 0.156 e. The number of fused-ring (bicyclic) bond motifs is 1. The summed E-state index contributed by atoms with van der Waals surface area (Å²) in [7, 11) is 0. The third-order valence-corrected chi connectivity index (χ3v) is 6.73. The van der Waals surface area contributed by atoms with Gasteiger partial charge in [-0.1, -0.05) is 37.3 Å². The van der Waals surface area contributed by atoms with E-state index in [2.05, 4.69) is 53.6 Å². The molecule has 1 N–H and O–H groups in total. The summed E-state index contributed by atoms with van der Waals surface area (Å²) in [4.78, 5) is 15.7. The average molecular weight is 294 g/mol. The molecular weight excluding hydrogens is 272 g/mol. The van der Waals surface area contributed by atoms with Gasteiger partial charge in [-0.15, -0.1) is 0 Å². The van der Waals surface area contributed by atoms with Gasteiger partial charge in [-0.25, -0.2) is 0 Å². The number of Topliss-reactive ketones (excluding diaryl/α,β-unsaturated/α-hetero) is 1. The Bertz CT molecular complexity index is 696. The Hall–Kier alpha value is -1.61. The number of nitrogens with one attached hydrogen (secondary N) is 1. The van der Waals surface area contributed by atoms with Crippen molar-refractivity contribution in [3.63, 3.8) is 0 Å². The van der Waals surface area contributed by atoms with Crippen molar-refractivity contribution in [2.45, 2.75) is 43.7 Å². The predicted molar refractivity (Wildman–Crippen MR) is 87.0 cm³/mol. The lowest BCUT2D eigenvalue weighted by Gasteiger charge is -2.54. The number of benzene rings is 1. The SMILES string of the molecule is CCC12C=CCN3CCC4(c5ccccc5NC4C(=O)C1)C32. The zero-order chi connectivity index (χ0) is 14.9. The van der Waals surface area contributed by atoms with Gasteiger partial charge in [-0.05, 0) is 31.0 Å². The van der Waals surface area contributed by atoms with E-state index in [1.54, 1.807) is 0 Å². The van der Waals surface area contributed by atoms with Crippen LogP contribution < -0.4 is 5.32 Å². The van der Waals surface area contributed by atoms with Crippen LogP contribution in [0.5, 0.6) is 0 Å². The Morgan fingerprint density at radius 3 is 3.09 bits per heavy atom. The van der Waals surface area contributed by atoms with Gasteiger partial charge in [0.2, 0.25) is 0 Å². The van der Waals surface area contributed by atoms with E-state index in [1.807, 2.05) is 0 Å². The number of hydrogen-bond donors (Lipinski definition) is 1. The van der Waals surface area contributed by atoms with Gasteiger partial charge in [0.25, 0.3) is 0 Å². The molecule has 1 aromatic carbocycles. The highest BCUT2D eigenvalue weighted by Crippen LogP contribution is 2.61. The van der Waals surface area contributed by atoms with E-state index < -0.39 is 0 Å². The van der Waals surface area contributed by atoms with Crippen molar-refractivity contribution in [2.24, 2.45) is 5.41 Å². The standard InChI is InChI=1S/C19H22N2O/c1-2-18-8-5-10-21-11-9-19(17(18)21)13-6-3-4-7-14(13)20-16(19)15(22)12-18/h3-8,16-17,20H,2,9-12H2,1H3. The molecule has 4 aliphatic rings. The molecule has 3 aliphatic heterocycles. The van der Waals surface area contributed by atoms with Gasteiger partial charge in [0, 0.05) is 35.5 Å². The number of carbonyl (C=O) groups excluding carboxylic acids is 1. The molecule has 22 heavy (non-hydrogen) atoms. The second-order valence-corrected chi connectivity index (χ2v) is 7.44. The Morgan fingerprint density at radius 2 is 2.23 bits per heavy atom. The third-order valence-electron chi connectivity index (χ3n) is 6.73. The van der Waals surface area contributed by atoms with Crippen LogP contribution >= 0.6 is 0 Å². The summed E-state index contributed by atoms with van der Waals surface area (Å²) in [5.74, 6) is 0.405. The van der Waals surface area contributed by atoms with E-state index >= 15 is 0 Å². The minimum absolute atomic E-state index is 0.0211. The summed E-state index contributed by atoms with van der Waals surface area (Å²) in [5, 5.41) is 3.58. The van der Waals surface area contributed by atoms with Gasteiger partial charge in [0.05, 0.1) is 6.04 Å². The minimum atomic E-state index is -0.0222. The maximum absolute atomic E-state index is 13.0. The molecule has 3 heterocycles. The van der Waals surface area contributed by atoms with Crippen LogP contribution in [0.4, 0.5) is 5.69 Å². The maximum Gasteiger partial charge on any atom is 0.156 e. The van der Waals surface area contributed by atoms with Crippen molar-refractivity contribution in [1.82, 2.24) is 4.90 Å². The van der Waals surface area contributed by atoms with Crippen LogP contribution in [0.1, 0.15) is 31.7 Å². The molecule has 1 aromatic rings. The van der Waals surface area contributed by atoms with E-state index in [9.17, 15) is 4.79 Å². The summed E-state index contributed by atoms with van der Waals surface area (Å²) < 4.78 is 0. The van der Waals surface area contributed by atoms with Crippen LogP contribution in [0, 0.1) is 5.41 Å². The number of hydrogen-bond acceptors (Lipinski definition) is 3. The van der Waals surface area contributed by atoms with E-state index in [-0.39, 0.29) is 16.9 Å². The third kappa shape index (κ3) is 1.26. The molecule has 1 saturated carbocycles. The molecule has 3 heteroatoms. The van der Waals surface area contributed by atoms with Crippen LogP contribution in [0.2, 0.25) is 0 Å². The molecule has 5 rings (SSSR count). The van der Waals surface area contributed by atoms with Gasteiger partial charge < -0.3 is 5.32 Å². The molecule has 2 fully saturated rings. The average Bonchev–Trinajstić information content (AvgIpc) is 3.10. The lowest BCUT2D eigenvalue weighted by atomic mass is 9.53. The Balaban J connectivity index is 1.79. The number of anilines is 1. The highest BCUT2D eigenvalue weighted by atomic mass is 16.1. The first-order valence-electron chi connectivity index (χ1n) is 8.52. The highest BCUT2D eigenvalue weighted by Gasteiger charge is 2.67. The van der Waals surface area contributed by atoms with Crippen LogP contribution in [0.3, 0.4) is 0 Å². The van der Waals surface area contributed by atoms with Crippen molar-refractivity contribution >= 4 is 11.5 Å². The monoisotopic (exact) mass is 294 g/mol. The largest absolute Gasteiger partial charge is 0.374 e. The summed E-state index contributed by atoms with van der Waals surface area (Å²) in [5.41, 5.74) is 2.58. The van der Waals surface area contributed by atoms with Gasteiger partial charge in [0.1, 0.15) is 0 Å². The Morgan fingerprint density at radius 1 is 1.36 bits per heavy atom. The van der Waals surface area contributed by atoms with Crippen molar-refractivity contribution in [3.8, 4) is 0 Å². The molecule has 1 saturated heterocycles. The lowest BCUT2D eigenvalue weighted by molar-refractivity contribution is -0.129. The summed E-state index contributed by atoms with van der Waals surface area (Å²) in [6, 6.07) is 9.05. The highest BCUT2D eigenvalue weighted by molar-refractivity contribution is 5.94. The van der Waals surface area contributed by atoms with Crippen molar-refractivity contribution in [3.05, 3.63) is 42.0 Å². The van der Waals surface area contributed by atoms with Crippen molar-refractivity contribution < 1.29 is 4.79 Å². The van der Waals surface area contributed by atoms with Crippen molar-refractivity contribution in [1.29, 1.82) is 0 Å². The molecule has 4 atom stereocenters. The second-order valence-electron chi connectivity index (χ2n) is 7.44. The number of rotatable bonds is 1. The lowest BCUT2D eigenvalue weighted by Crippen LogP contribution is -2.65. The topological polar surface area (TPSA) is 32.3 Å². The molecule has 1 spiro atoms. The van der Waals surface area contributed by atoms with Crippen molar-refractivity contribution in [2.75, 3.05) is 18.4 Å². The van der Waals surface area contributed by atoms with Gasteiger partial charge in [0.15, 0.2) is 5.78 Å². The van der Waals surface area contributed by atoms with Crippen LogP contribution in [-0.2, 0) is 10.2 Å². The van der Waals surface area contributed by atoms with E-state index in [1.165, 1.54) is 11.3 Å². The molecular formula is C19H22N2O. The van der Waals surface area contributed by atoms with Gasteiger partial charge >= 0.3 is 0 Å². The molecule has 114 valence electrons. The molecule has 4 unspecified atom stereocenters. The van der Waals surface area contributed by atoms with E-state index in [0.717, 1.165) is 25.9 Å². The molecule has 0 bridgehead atoms. The molecule has 0 aromatic heterocycles. The van der Waals surface area contributed by atoms with E-state index in [4.69, 9.17) is 0 Å². The number of carbonyl (C=O) groups is 1. The quantitative estimate of drug-likeness (QED) is 0.808. The fraction of sp³-hybridized carbons (Fsp3) is 0.526. The molecule has 0 radical (unpaired) electrons. The van der Waals surface area contributed by atoms with Gasteiger partial charge in [-0.2, -0.15) is 0 Å². The molecule has 3 nitrogen and oxygen atoms in total. The predicted octanol–water partition coefficient (Wildman–Crippen LogP) is 2.73. The second kappa shape index (κ2) is 4.02. The van der Waals surface area contributed by atoms with Crippen LogP contribution in [0.25, 0.3) is 0 Å². The zero-order valence-corrected chi connectivity index (χ0v) is 13.0. The first kappa shape index (κ1) is 12.9. The Kier molecular flexibility index (Phi) is 2.35. The Labute approximate surface area is 131 Å². The fourth-order valence-corrected chi connectivity index (χ4v) is 5.93. The number of nitrogens with zero attached hydrogens (tertiary/aromatic N) is 1. The fourth-order valence-electron chi connectivity index (χ4n) is 5.93. The van der Waals surface area contributed by atoms with E-state index in [0.29, 0.717) is 18.2 Å².